The summed E-state index contributed by atoms with van der Waals surface area (Å²) >= 11 is 6.97. The van der Waals surface area contributed by atoms with Gasteiger partial charge in [0.25, 0.3) is 0 Å². The fourth-order valence-electron chi connectivity index (χ4n) is 2.85. The first kappa shape index (κ1) is 19.4. The summed E-state index contributed by atoms with van der Waals surface area (Å²) in [6.45, 7) is 2.83. The first-order chi connectivity index (χ1) is 13.1. The van der Waals surface area contributed by atoms with Crippen molar-refractivity contribution >= 4 is 29.3 Å². The summed E-state index contributed by atoms with van der Waals surface area (Å²) in [5, 5.41) is 13.1. The molecule has 0 radical (unpaired) electrons. The Morgan fingerprint density at radius 3 is 2.19 bits per heavy atom. The molecule has 7 heteroatoms. The van der Waals surface area contributed by atoms with Gasteiger partial charge in [-0.3, -0.25) is 0 Å². The topological polar surface area (TPSA) is 63.8 Å². The van der Waals surface area contributed by atoms with Gasteiger partial charge in [0.2, 0.25) is 6.71 Å². The van der Waals surface area contributed by atoms with Crippen LogP contribution in [0.25, 0.3) is 0 Å². The van der Waals surface area contributed by atoms with Gasteiger partial charge in [0, 0.05) is 24.3 Å². The quantitative estimate of drug-likeness (QED) is 0.620. The molecule has 0 bridgehead atoms. The molecule has 1 aliphatic heterocycles. The van der Waals surface area contributed by atoms with Gasteiger partial charge in [-0.1, -0.05) is 62.4 Å². The van der Waals surface area contributed by atoms with Crippen LogP contribution in [0.5, 0.6) is 0 Å². The number of hydrogen-bond donors (Lipinski definition) is 1. The molecule has 0 aromatic heterocycles. The van der Waals surface area contributed by atoms with Crippen LogP contribution >= 0.6 is 17.9 Å². The number of anilines is 1. The number of nitrogens with zero attached hydrogens (tertiary/aromatic N) is 4. The number of rotatable bonds is 6. The lowest BCUT2D eigenvalue weighted by Crippen LogP contribution is -2.21. The third kappa shape index (κ3) is 4.14. The number of benzene rings is 2. The van der Waals surface area contributed by atoms with Crippen molar-refractivity contribution in [3.63, 3.8) is 0 Å². The average molecular weight is 398 g/mol. The van der Waals surface area contributed by atoms with E-state index in [1.165, 1.54) is 0 Å². The first-order valence-corrected chi connectivity index (χ1v) is 11.4. The average Bonchev–Trinajstić information content (AvgIpc) is 2.70. The molecule has 1 aliphatic rings. The zero-order valence-electron chi connectivity index (χ0n) is 15.3. The highest BCUT2D eigenvalue weighted by Gasteiger charge is 2.31. The van der Waals surface area contributed by atoms with Gasteiger partial charge in [-0.15, -0.1) is 0 Å². The highest BCUT2D eigenvalue weighted by atomic mass is 35.7. The lowest BCUT2D eigenvalue weighted by molar-refractivity contribution is 0.507. The van der Waals surface area contributed by atoms with E-state index in [1.807, 2.05) is 74.5 Å². The van der Waals surface area contributed by atoms with Crippen molar-refractivity contribution in [1.82, 2.24) is 4.67 Å². The van der Waals surface area contributed by atoms with E-state index >= 15 is 0 Å². The van der Waals surface area contributed by atoms with Crippen LogP contribution in [0.15, 0.2) is 81.6 Å². The summed E-state index contributed by atoms with van der Waals surface area (Å²) in [5.74, 6) is 0.466. The largest absolute Gasteiger partial charge is 0.339 e. The van der Waals surface area contributed by atoms with Gasteiger partial charge in [0.05, 0.1) is 5.71 Å². The maximum absolute atomic E-state index is 9.86. The number of hydrogen-bond acceptors (Lipinski definition) is 5. The molecule has 2 aromatic carbocycles. The molecule has 0 saturated carbocycles. The van der Waals surface area contributed by atoms with Crippen molar-refractivity contribution in [2.24, 2.45) is 9.51 Å². The zero-order chi connectivity index (χ0) is 19.3. The van der Waals surface area contributed by atoms with Crippen LogP contribution < -0.4 is 5.32 Å². The normalized spacial score (nSPS) is 19.3. The Hall–Kier alpha value is -2.38. The summed E-state index contributed by atoms with van der Waals surface area (Å²) < 4.78 is 11.6. The predicted octanol–water partition coefficient (Wildman–Crippen LogP) is 5.86. The second-order valence-corrected chi connectivity index (χ2v) is 9.19. The maximum atomic E-state index is 9.86. The second kappa shape index (κ2) is 8.54. The van der Waals surface area contributed by atoms with Crippen molar-refractivity contribution in [1.29, 1.82) is 5.26 Å². The summed E-state index contributed by atoms with van der Waals surface area (Å²) in [4.78, 5) is 0. The van der Waals surface area contributed by atoms with Crippen molar-refractivity contribution in [3.8, 4) is 6.07 Å². The predicted molar refractivity (Wildman–Crippen MR) is 114 cm³/mol. The van der Waals surface area contributed by atoms with Gasteiger partial charge in [0.15, 0.2) is 5.82 Å². The third-order valence-corrected chi connectivity index (χ3v) is 7.50. The van der Waals surface area contributed by atoms with E-state index in [0.29, 0.717) is 17.1 Å². The zero-order valence-corrected chi connectivity index (χ0v) is 17.0. The Balaban J connectivity index is 2.20. The van der Waals surface area contributed by atoms with E-state index in [1.54, 1.807) is 0 Å². The SMILES string of the molecule is CCN(CC)P1(Cl)=NC(Nc2ccccc2)=C(C#N)C(c2ccccc2)=N1. The maximum Gasteiger partial charge on any atom is 0.237 e. The number of nitriles is 1. The van der Waals surface area contributed by atoms with Crippen LogP contribution in [-0.4, -0.2) is 23.5 Å². The van der Waals surface area contributed by atoms with Gasteiger partial charge in [-0.2, -0.15) is 10.0 Å². The molecule has 1 atom stereocenters. The Labute approximate surface area is 165 Å². The van der Waals surface area contributed by atoms with Gasteiger partial charge in [0.1, 0.15) is 11.6 Å². The lowest BCUT2D eigenvalue weighted by Gasteiger charge is -2.30. The third-order valence-electron chi connectivity index (χ3n) is 4.21. The van der Waals surface area contributed by atoms with Gasteiger partial charge >= 0.3 is 0 Å². The number of nitrogens with one attached hydrogen (secondary N) is 1. The van der Waals surface area contributed by atoms with E-state index in [2.05, 4.69) is 16.1 Å². The number of allylic oxidation sites excluding steroid dienone is 1. The Morgan fingerprint density at radius 2 is 1.63 bits per heavy atom. The molecule has 0 amide bonds. The first-order valence-electron chi connectivity index (χ1n) is 8.81. The highest BCUT2D eigenvalue weighted by Crippen LogP contribution is 2.62. The minimum atomic E-state index is -2.69. The van der Waals surface area contributed by atoms with Crippen LogP contribution in [0.1, 0.15) is 19.4 Å². The standard InChI is InChI=1S/C20H21ClN5P/c1-3-26(4-2)27(21)24-19(16-11-7-5-8-12-16)18(15-22)20(25-27)23-17-13-9-6-10-14-17/h5-14,23H,3-4H2,1-2H3. The molecule has 138 valence electrons. The van der Waals surface area contributed by atoms with E-state index in [0.717, 1.165) is 24.3 Å². The highest BCUT2D eigenvalue weighted by molar-refractivity contribution is 7.88. The Morgan fingerprint density at radius 1 is 1.04 bits per heavy atom. The molecule has 0 aliphatic carbocycles. The summed E-state index contributed by atoms with van der Waals surface area (Å²) in [6.07, 6.45) is 0. The van der Waals surface area contributed by atoms with E-state index in [4.69, 9.17) is 20.7 Å². The minimum Gasteiger partial charge on any atom is -0.339 e. The minimum absolute atomic E-state index is 0.397. The number of para-hydroxylation sites is 1. The molecule has 1 unspecified atom stereocenters. The van der Waals surface area contributed by atoms with E-state index in [-0.39, 0.29) is 0 Å². The molecule has 27 heavy (non-hydrogen) atoms. The van der Waals surface area contributed by atoms with Gasteiger partial charge in [-0.05, 0) is 23.4 Å². The molecule has 2 aromatic rings. The molecule has 5 nitrogen and oxygen atoms in total. The van der Waals surface area contributed by atoms with Gasteiger partial charge in [-0.25, -0.2) is 9.43 Å². The molecule has 0 spiro atoms. The van der Waals surface area contributed by atoms with Gasteiger partial charge < -0.3 is 5.32 Å². The summed E-state index contributed by atoms with van der Waals surface area (Å²) in [5.41, 5.74) is 2.69. The Kier molecular flexibility index (Phi) is 6.13. The van der Waals surface area contributed by atoms with Crippen LogP contribution in [0.3, 0.4) is 0 Å². The fourth-order valence-corrected chi connectivity index (χ4v) is 5.84. The summed E-state index contributed by atoms with van der Waals surface area (Å²) in [7, 11) is 0. The van der Waals surface area contributed by atoms with E-state index < -0.39 is 6.71 Å². The lowest BCUT2D eigenvalue weighted by atomic mass is 10.0. The van der Waals surface area contributed by atoms with E-state index in [9.17, 15) is 5.26 Å². The summed E-state index contributed by atoms with van der Waals surface area (Å²) in [6, 6.07) is 21.6. The fraction of sp³-hybridized carbons (Fsp3) is 0.200. The van der Waals surface area contributed by atoms with Crippen molar-refractivity contribution in [2.75, 3.05) is 18.4 Å². The van der Waals surface area contributed by atoms with Crippen LogP contribution in [0, 0.1) is 11.3 Å². The smallest absolute Gasteiger partial charge is 0.237 e. The molecule has 3 rings (SSSR count). The molecular weight excluding hydrogens is 377 g/mol. The molecule has 1 N–H and O–H groups in total. The van der Waals surface area contributed by atoms with Crippen molar-refractivity contribution in [3.05, 3.63) is 77.6 Å². The van der Waals surface area contributed by atoms with Crippen LogP contribution in [-0.2, 0) is 0 Å². The van der Waals surface area contributed by atoms with Crippen molar-refractivity contribution < 1.29 is 0 Å². The van der Waals surface area contributed by atoms with Crippen LogP contribution in [0.4, 0.5) is 5.69 Å². The molecule has 0 saturated heterocycles. The Bertz CT molecular complexity index is 957. The molecular formula is C20H21ClN5P. The van der Waals surface area contributed by atoms with Crippen LogP contribution in [0.2, 0.25) is 0 Å². The number of halogens is 1. The molecule has 1 heterocycles. The van der Waals surface area contributed by atoms with Crippen molar-refractivity contribution in [2.45, 2.75) is 13.8 Å². The monoisotopic (exact) mass is 397 g/mol. The second-order valence-electron chi connectivity index (χ2n) is 5.88. The molecule has 0 fully saturated rings.